The van der Waals surface area contributed by atoms with Crippen LogP contribution in [0.5, 0.6) is 0 Å². The summed E-state index contributed by atoms with van der Waals surface area (Å²) >= 11 is 0. The van der Waals surface area contributed by atoms with Gasteiger partial charge in [-0.3, -0.25) is 4.79 Å². The molecule has 2 heteroatoms. The zero-order chi connectivity index (χ0) is 6.69. The Bertz CT molecular complexity index is 109. The van der Waals surface area contributed by atoms with Gasteiger partial charge in [-0.2, -0.15) is 0 Å². The maximum Gasteiger partial charge on any atom is 0.161 e. The third-order valence-corrected chi connectivity index (χ3v) is 1.72. The number of Topliss-reactive ketones (excluding diaryl/α,β-unsaturated/α-hetero) is 1. The van der Waals surface area contributed by atoms with Crippen molar-refractivity contribution >= 4 is 5.78 Å². The molecule has 0 aromatic carbocycles. The Balaban J connectivity index is 2.41. The average molecular weight is 128 g/mol. The summed E-state index contributed by atoms with van der Waals surface area (Å²) in [5.74, 6) is 0.486. The molecule has 1 fully saturated rings. The normalized spacial score (nSPS) is 29.9. The fraction of sp³-hybridized carbons (Fsp3) is 0.857. The standard InChI is InChI=1S/C7H12O2/c1-6-3-2-4-9-5-7(6)8/h6H,2-5H2,1H3. The first-order valence-corrected chi connectivity index (χ1v) is 3.41. The first kappa shape index (κ1) is 6.75. The lowest BCUT2D eigenvalue weighted by molar-refractivity contribution is -0.125. The Morgan fingerprint density at radius 3 is 3.22 bits per heavy atom. The summed E-state index contributed by atoms with van der Waals surface area (Å²) in [6.45, 7) is 3.06. The fourth-order valence-electron chi connectivity index (χ4n) is 0.968. The van der Waals surface area contributed by atoms with E-state index in [0.29, 0.717) is 6.61 Å². The average Bonchev–Trinajstić information content (AvgIpc) is 1.99. The highest BCUT2D eigenvalue weighted by Crippen LogP contribution is 2.10. The monoisotopic (exact) mass is 128 g/mol. The van der Waals surface area contributed by atoms with Crippen molar-refractivity contribution in [3.05, 3.63) is 0 Å². The zero-order valence-electron chi connectivity index (χ0n) is 5.72. The molecule has 0 bridgehead atoms. The summed E-state index contributed by atoms with van der Waals surface area (Å²) in [5, 5.41) is 0. The van der Waals surface area contributed by atoms with Crippen LogP contribution < -0.4 is 0 Å². The number of carbonyl (C=O) groups is 1. The Labute approximate surface area is 55.2 Å². The number of hydrogen-bond donors (Lipinski definition) is 0. The van der Waals surface area contributed by atoms with Gasteiger partial charge in [0.25, 0.3) is 0 Å². The van der Waals surface area contributed by atoms with Gasteiger partial charge in [0.2, 0.25) is 0 Å². The van der Waals surface area contributed by atoms with Crippen LogP contribution in [0.25, 0.3) is 0 Å². The summed E-state index contributed by atoms with van der Waals surface area (Å²) < 4.78 is 5.03. The molecule has 1 atom stereocenters. The lowest BCUT2D eigenvalue weighted by Gasteiger charge is -2.01. The Morgan fingerprint density at radius 2 is 2.44 bits per heavy atom. The predicted octanol–water partition coefficient (Wildman–Crippen LogP) is 1.00. The van der Waals surface area contributed by atoms with Gasteiger partial charge in [0.1, 0.15) is 6.61 Å². The van der Waals surface area contributed by atoms with Gasteiger partial charge in [0.15, 0.2) is 5.78 Å². The van der Waals surface area contributed by atoms with Gasteiger partial charge in [-0.1, -0.05) is 6.92 Å². The smallest absolute Gasteiger partial charge is 0.161 e. The molecule has 0 amide bonds. The molecular weight excluding hydrogens is 116 g/mol. The van der Waals surface area contributed by atoms with E-state index in [4.69, 9.17) is 4.74 Å². The number of ether oxygens (including phenoxy) is 1. The molecule has 0 saturated carbocycles. The predicted molar refractivity (Wildman–Crippen MR) is 34.2 cm³/mol. The quantitative estimate of drug-likeness (QED) is 0.486. The minimum Gasteiger partial charge on any atom is -0.374 e. The van der Waals surface area contributed by atoms with Crippen molar-refractivity contribution < 1.29 is 9.53 Å². The first-order valence-electron chi connectivity index (χ1n) is 3.41. The van der Waals surface area contributed by atoms with Crippen LogP contribution >= 0.6 is 0 Å². The van der Waals surface area contributed by atoms with Crippen LogP contribution in [0.4, 0.5) is 0 Å². The van der Waals surface area contributed by atoms with Crippen molar-refractivity contribution in [2.75, 3.05) is 13.2 Å². The van der Waals surface area contributed by atoms with Gasteiger partial charge in [-0.25, -0.2) is 0 Å². The lowest BCUT2D eigenvalue weighted by atomic mass is 10.0. The summed E-state index contributed by atoms with van der Waals surface area (Å²) in [7, 11) is 0. The van der Waals surface area contributed by atoms with Crippen LogP contribution in [0.1, 0.15) is 19.8 Å². The van der Waals surface area contributed by atoms with Crippen molar-refractivity contribution in [1.29, 1.82) is 0 Å². The minimum atomic E-state index is 0.229. The molecule has 0 radical (unpaired) electrons. The van der Waals surface area contributed by atoms with Crippen LogP contribution in [0, 0.1) is 5.92 Å². The lowest BCUT2D eigenvalue weighted by Crippen LogP contribution is -2.13. The number of rotatable bonds is 0. The van der Waals surface area contributed by atoms with E-state index in [0.717, 1.165) is 19.4 Å². The van der Waals surface area contributed by atoms with Gasteiger partial charge < -0.3 is 4.74 Å². The molecule has 0 aliphatic carbocycles. The number of carbonyl (C=O) groups excluding carboxylic acids is 1. The number of ketones is 1. The van der Waals surface area contributed by atoms with Crippen LogP contribution in [0.3, 0.4) is 0 Å². The molecule has 0 aromatic heterocycles. The maximum atomic E-state index is 10.9. The summed E-state index contributed by atoms with van der Waals surface area (Å²) in [6, 6.07) is 0. The van der Waals surface area contributed by atoms with Crippen molar-refractivity contribution in [2.45, 2.75) is 19.8 Å². The Kier molecular flexibility index (Phi) is 2.22. The van der Waals surface area contributed by atoms with Gasteiger partial charge in [-0.15, -0.1) is 0 Å². The third kappa shape index (κ3) is 1.79. The molecule has 52 valence electrons. The van der Waals surface area contributed by atoms with Crippen LogP contribution in [0.15, 0.2) is 0 Å². The van der Waals surface area contributed by atoms with E-state index < -0.39 is 0 Å². The van der Waals surface area contributed by atoms with Crippen LogP contribution in [0.2, 0.25) is 0 Å². The highest BCUT2D eigenvalue weighted by atomic mass is 16.5. The number of hydrogen-bond acceptors (Lipinski definition) is 2. The van der Waals surface area contributed by atoms with Crippen LogP contribution in [-0.2, 0) is 9.53 Å². The highest BCUT2D eigenvalue weighted by Gasteiger charge is 2.15. The summed E-state index contributed by atoms with van der Waals surface area (Å²) in [4.78, 5) is 10.9. The molecular formula is C7H12O2. The largest absolute Gasteiger partial charge is 0.374 e. The topological polar surface area (TPSA) is 26.3 Å². The molecule has 9 heavy (non-hydrogen) atoms. The highest BCUT2D eigenvalue weighted by molar-refractivity contribution is 5.81. The van der Waals surface area contributed by atoms with Gasteiger partial charge in [0.05, 0.1) is 0 Å². The second-order valence-electron chi connectivity index (χ2n) is 2.56. The Morgan fingerprint density at radius 1 is 1.67 bits per heavy atom. The van der Waals surface area contributed by atoms with Crippen molar-refractivity contribution in [3.8, 4) is 0 Å². The molecule has 0 aromatic rings. The molecule has 0 N–H and O–H groups in total. The second kappa shape index (κ2) is 2.97. The molecule has 1 rings (SSSR count). The molecule has 1 heterocycles. The van der Waals surface area contributed by atoms with Gasteiger partial charge >= 0.3 is 0 Å². The van der Waals surface area contributed by atoms with E-state index >= 15 is 0 Å². The van der Waals surface area contributed by atoms with E-state index in [9.17, 15) is 4.79 Å². The zero-order valence-corrected chi connectivity index (χ0v) is 5.72. The maximum absolute atomic E-state index is 10.9. The third-order valence-electron chi connectivity index (χ3n) is 1.72. The van der Waals surface area contributed by atoms with E-state index in [1.165, 1.54) is 0 Å². The van der Waals surface area contributed by atoms with Gasteiger partial charge in [-0.05, 0) is 12.8 Å². The van der Waals surface area contributed by atoms with E-state index in [-0.39, 0.29) is 11.7 Å². The molecule has 2 nitrogen and oxygen atoms in total. The van der Waals surface area contributed by atoms with Crippen LogP contribution in [-0.4, -0.2) is 19.0 Å². The summed E-state index contributed by atoms with van der Waals surface area (Å²) in [5.41, 5.74) is 0. The Hall–Kier alpha value is -0.370. The molecule has 1 unspecified atom stereocenters. The van der Waals surface area contributed by atoms with Gasteiger partial charge in [0, 0.05) is 12.5 Å². The molecule has 0 spiro atoms. The van der Waals surface area contributed by atoms with Crippen molar-refractivity contribution in [3.63, 3.8) is 0 Å². The second-order valence-corrected chi connectivity index (χ2v) is 2.56. The fourth-order valence-corrected chi connectivity index (χ4v) is 0.968. The van der Waals surface area contributed by atoms with E-state index in [1.807, 2.05) is 6.92 Å². The van der Waals surface area contributed by atoms with Crippen molar-refractivity contribution in [2.24, 2.45) is 5.92 Å². The van der Waals surface area contributed by atoms with E-state index in [2.05, 4.69) is 0 Å². The SMILES string of the molecule is CC1CCCOCC1=O. The minimum absolute atomic E-state index is 0.229. The molecule has 1 aliphatic heterocycles. The summed E-state index contributed by atoms with van der Waals surface area (Å²) in [6.07, 6.45) is 2.03. The molecule has 1 saturated heterocycles. The molecule has 1 aliphatic rings. The first-order chi connectivity index (χ1) is 4.30. The van der Waals surface area contributed by atoms with E-state index in [1.54, 1.807) is 0 Å². The van der Waals surface area contributed by atoms with Crippen molar-refractivity contribution in [1.82, 2.24) is 0 Å².